The lowest BCUT2D eigenvalue weighted by Crippen LogP contribution is -2.40. The van der Waals surface area contributed by atoms with E-state index in [-0.39, 0.29) is 22.0 Å². The van der Waals surface area contributed by atoms with Crippen molar-refractivity contribution in [2.24, 2.45) is 0 Å². The largest absolute Gasteiger partial charge is 0.374 e. The van der Waals surface area contributed by atoms with E-state index in [0.29, 0.717) is 6.61 Å². The third-order valence-corrected chi connectivity index (χ3v) is 4.35. The molecule has 5 nitrogen and oxygen atoms in total. The molecule has 0 saturated heterocycles. The van der Waals surface area contributed by atoms with Gasteiger partial charge in [0, 0.05) is 23.8 Å². The Hall–Kier alpha value is -0.820. The van der Waals surface area contributed by atoms with Crippen molar-refractivity contribution in [3.63, 3.8) is 0 Å². The maximum atomic E-state index is 12.1. The first kappa shape index (κ1) is 18.2. The summed E-state index contributed by atoms with van der Waals surface area (Å²) in [7, 11) is 1.34. The lowest BCUT2D eigenvalue weighted by atomic mass is 10.1. The van der Waals surface area contributed by atoms with Gasteiger partial charge in [0.25, 0.3) is 15.0 Å². The van der Waals surface area contributed by atoms with Crippen molar-refractivity contribution >= 4 is 37.2 Å². The van der Waals surface area contributed by atoms with E-state index >= 15 is 0 Å². The van der Waals surface area contributed by atoms with Gasteiger partial charge < -0.3 is 10.1 Å². The van der Waals surface area contributed by atoms with Crippen LogP contribution in [-0.2, 0) is 13.8 Å². The van der Waals surface area contributed by atoms with Gasteiger partial charge in [0.15, 0.2) is 0 Å². The Morgan fingerprint density at radius 3 is 2.52 bits per heavy atom. The predicted molar refractivity (Wildman–Crippen MR) is 82.5 cm³/mol. The van der Waals surface area contributed by atoms with Gasteiger partial charge in [0.1, 0.15) is 0 Å². The molecular weight excluding hydrogens is 337 g/mol. The minimum atomic E-state index is -3.92. The number of hydrogen-bond acceptors (Lipinski definition) is 4. The molecule has 0 atom stereocenters. The lowest BCUT2D eigenvalue weighted by molar-refractivity contribution is -0.00815. The van der Waals surface area contributed by atoms with Gasteiger partial charge >= 0.3 is 0 Å². The van der Waals surface area contributed by atoms with Crippen LogP contribution in [0.1, 0.15) is 31.1 Å². The van der Waals surface area contributed by atoms with Gasteiger partial charge in [0.2, 0.25) is 0 Å². The van der Waals surface area contributed by atoms with Crippen LogP contribution < -0.4 is 5.32 Å². The highest BCUT2D eigenvalue weighted by Crippen LogP contribution is 2.23. The number of hydrogen-bond donors (Lipinski definition) is 1. The monoisotopic (exact) mass is 353 g/mol. The summed E-state index contributed by atoms with van der Waals surface area (Å²) in [5.41, 5.74) is -0.488. The predicted octanol–water partition coefficient (Wildman–Crippen LogP) is 2.81. The van der Waals surface area contributed by atoms with Crippen LogP contribution in [-0.4, -0.2) is 33.1 Å². The van der Waals surface area contributed by atoms with Gasteiger partial charge in [-0.1, -0.05) is 11.6 Å². The second kappa shape index (κ2) is 6.96. The molecular formula is C13H17Cl2NO4S. The molecule has 0 aliphatic carbocycles. The molecule has 0 fully saturated rings. The molecule has 0 aliphatic rings. The van der Waals surface area contributed by atoms with Gasteiger partial charge in [-0.15, -0.1) is 0 Å². The van der Waals surface area contributed by atoms with Gasteiger partial charge in [-0.05, 0) is 39.0 Å². The van der Waals surface area contributed by atoms with Crippen molar-refractivity contribution in [2.45, 2.75) is 31.3 Å². The second-order valence-electron chi connectivity index (χ2n) is 4.95. The number of carbonyl (C=O) groups is 1. The molecule has 0 aromatic heterocycles. The van der Waals surface area contributed by atoms with Crippen LogP contribution in [0, 0.1) is 0 Å². The fourth-order valence-corrected chi connectivity index (χ4v) is 2.64. The molecule has 118 valence electrons. The summed E-state index contributed by atoms with van der Waals surface area (Å²) in [6.07, 6.45) is 0. The number of benzene rings is 1. The summed E-state index contributed by atoms with van der Waals surface area (Å²) in [6, 6.07) is 3.71. The minimum Gasteiger partial charge on any atom is -0.374 e. The van der Waals surface area contributed by atoms with Crippen molar-refractivity contribution in [1.29, 1.82) is 0 Å². The molecule has 0 unspecified atom stereocenters. The number of nitrogens with one attached hydrogen (secondary N) is 1. The summed E-state index contributed by atoms with van der Waals surface area (Å²) in [5.74, 6) is -0.491. The normalized spacial score (nSPS) is 12.2. The average molecular weight is 354 g/mol. The highest BCUT2D eigenvalue weighted by Gasteiger charge is 2.21. The zero-order chi connectivity index (χ0) is 16.3. The molecule has 1 amide bonds. The quantitative estimate of drug-likeness (QED) is 0.798. The molecule has 0 saturated carbocycles. The van der Waals surface area contributed by atoms with E-state index in [1.54, 1.807) is 0 Å². The third kappa shape index (κ3) is 5.47. The molecule has 0 aliphatic heterocycles. The fraction of sp³-hybridized carbons (Fsp3) is 0.462. The minimum absolute atomic E-state index is 0.0469. The van der Waals surface area contributed by atoms with Crippen LogP contribution in [0.2, 0.25) is 5.02 Å². The topological polar surface area (TPSA) is 72.5 Å². The van der Waals surface area contributed by atoms with E-state index in [0.717, 1.165) is 6.07 Å². The number of amides is 1. The molecule has 8 heteroatoms. The lowest BCUT2D eigenvalue weighted by Gasteiger charge is -2.25. The van der Waals surface area contributed by atoms with Gasteiger partial charge in [-0.25, -0.2) is 8.42 Å². The van der Waals surface area contributed by atoms with Gasteiger partial charge in [-0.2, -0.15) is 0 Å². The molecule has 1 N–H and O–H groups in total. The van der Waals surface area contributed by atoms with Crippen LogP contribution in [0.4, 0.5) is 0 Å². The highest BCUT2D eigenvalue weighted by atomic mass is 35.7. The van der Waals surface area contributed by atoms with Crippen LogP contribution in [0.3, 0.4) is 0 Å². The Kier molecular flexibility index (Phi) is 6.04. The van der Waals surface area contributed by atoms with Crippen molar-refractivity contribution in [3.05, 3.63) is 28.8 Å². The molecule has 0 radical (unpaired) electrons. The first-order chi connectivity index (χ1) is 9.57. The summed E-state index contributed by atoms with van der Waals surface area (Å²) >= 11 is 5.92. The van der Waals surface area contributed by atoms with E-state index in [1.165, 1.54) is 12.1 Å². The van der Waals surface area contributed by atoms with Crippen LogP contribution in [0.25, 0.3) is 0 Å². The van der Waals surface area contributed by atoms with E-state index in [4.69, 9.17) is 27.0 Å². The standard InChI is InChI=1S/C13H17Cl2NO4S/c1-4-20-13(2,3)8-16-12(17)10-7-9(21(15,18)19)5-6-11(10)14/h5-7H,4,8H2,1-3H3,(H,16,17). The summed E-state index contributed by atoms with van der Waals surface area (Å²) in [4.78, 5) is 11.9. The van der Waals surface area contributed by atoms with Crippen molar-refractivity contribution in [3.8, 4) is 0 Å². The zero-order valence-corrected chi connectivity index (χ0v) is 14.3. The first-order valence-corrected chi connectivity index (χ1v) is 8.92. The maximum absolute atomic E-state index is 12.1. The Bertz CT molecular complexity index is 629. The van der Waals surface area contributed by atoms with Crippen LogP contribution in [0.5, 0.6) is 0 Å². The Morgan fingerprint density at radius 2 is 2.00 bits per heavy atom. The van der Waals surface area contributed by atoms with Crippen LogP contribution in [0.15, 0.2) is 23.1 Å². The van der Waals surface area contributed by atoms with Crippen LogP contribution >= 0.6 is 22.3 Å². The summed E-state index contributed by atoms with van der Waals surface area (Å²) < 4.78 is 28.0. The third-order valence-electron chi connectivity index (χ3n) is 2.67. The van der Waals surface area contributed by atoms with E-state index < -0.39 is 20.6 Å². The SMILES string of the molecule is CCOC(C)(C)CNC(=O)c1cc(S(=O)(=O)Cl)ccc1Cl. The van der Waals surface area contributed by atoms with E-state index in [9.17, 15) is 13.2 Å². The number of ether oxygens (including phenoxy) is 1. The molecule has 1 aromatic carbocycles. The van der Waals surface area contributed by atoms with E-state index in [2.05, 4.69) is 5.32 Å². The summed E-state index contributed by atoms with van der Waals surface area (Å²) in [5, 5.41) is 2.80. The molecule has 21 heavy (non-hydrogen) atoms. The molecule has 1 aromatic rings. The molecule has 0 bridgehead atoms. The second-order valence-corrected chi connectivity index (χ2v) is 7.93. The van der Waals surface area contributed by atoms with Gasteiger partial charge in [-0.3, -0.25) is 4.79 Å². The Labute approximate surface area is 134 Å². The number of rotatable bonds is 6. The average Bonchev–Trinajstić information content (AvgIpc) is 2.35. The number of carbonyl (C=O) groups excluding carboxylic acids is 1. The Morgan fingerprint density at radius 1 is 1.38 bits per heavy atom. The molecule has 0 spiro atoms. The smallest absolute Gasteiger partial charge is 0.261 e. The fourth-order valence-electron chi connectivity index (χ4n) is 1.66. The summed E-state index contributed by atoms with van der Waals surface area (Å²) in [6.45, 7) is 6.29. The zero-order valence-electron chi connectivity index (χ0n) is 11.9. The van der Waals surface area contributed by atoms with Crippen molar-refractivity contribution in [1.82, 2.24) is 5.32 Å². The van der Waals surface area contributed by atoms with Crippen molar-refractivity contribution < 1.29 is 17.9 Å². The highest BCUT2D eigenvalue weighted by molar-refractivity contribution is 8.13. The van der Waals surface area contributed by atoms with Gasteiger partial charge in [0.05, 0.1) is 21.1 Å². The number of halogens is 2. The Balaban J connectivity index is 2.93. The van der Waals surface area contributed by atoms with Crippen molar-refractivity contribution in [2.75, 3.05) is 13.2 Å². The van der Waals surface area contributed by atoms with E-state index in [1.807, 2.05) is 20.8 Å². The maximum Gasteiger partial charge on any atom is 0.261 e. The first-order valence-electron chi connectivity index (χ1n) is 6.23. The molecule has 1 rings (SSSR count). The molecule has 0 heterocycles.